The molecule has 0 fully saturated rings. The number of nitrogens with zero attached hydrogens (tertiary/aromatic N) is 2. The second kappa shape index (κ2) is 8.49. The summed E-state index contributed by atoms with van der Waals surface area (Å²) < 4.78 is 40.3. The van der Waals surface area contributed by atoms with Gasteiger partial charge in [0.15, 0.2) is 0 Å². The van der Waals surface area contributed by atoms with E-state index in [2.05, 4.69) is 4.72 Å². The van der Waals surface area contributed by atoms with Gasteiger partial charge in [-0.25, -0.2) is 17.5 Å². The van der Waals surface area contributed by atoms with Gasteiger partial charge in [-0.05, 0) is 49.9 Å². The standard InChI is InChI=1S/C19H24FN3O3S/c1-5-23(13-14-6-8-15(9-7-14)22(3)4)19(24)17-12-16(10-11-18(17)20)27(25,26)21-2/h6-12,21H,5,13H2,1-4H3. The molecule has 0 radical (unpaired) electrons. The Balaban J connectivity index is 2.29. The van der Waals surface area contributed by atoms with Gasteiger partial charge < -0.3 is 9.80 Å². The number of benzene rings is 2. The average molecular weight is 393 g/mol. The van der Waals surface area contributed by atoms with Gasteiger partial charge in [0.25, 0.3) is 5.91 Å². The summed E-state index contributed by atoms with van der Waals surface area (Å²) in [5.41, 5.74) is 1.66. The lowest BCUT2D eigenvalue weighted by atomic mass is 10.1. The number of nitrogens with one attached hydrogen (secondary N) is 1. The summed E-state index contributed by atoms with van der Waals surface area (Å²) >= 11 is 0. The lowest BCUT2D eigenvalue weighted by molar-refractivity contribution is 0.0747. The van der Waals surface area contributed by atoms with Crippen LogP contribution >= 0.6 is 0 Å². The van der Waals surface area contributed by atoms with Crippen molar-refractivity contribution in [2.75, 3.05) is 32.6 Å². The summed E-state index contributed by atoms with van der Waals surface area (Å²) in [6.07, 6.45) is 0. The number of halogens is 1. The number of sulfonamides is 1. The predicted molar refractivity (Wildman–Crippen MR) is 104 cm³/mol. The zero-order valence-corrected chi connectivity index (χ0v) is 16.7. The second-order valence-electron chi connectivity index (χ2n) is 6.23. The first-order valence-electron chi connectivity index (χ1n) is 8.48. The van der Waals surface area contributed by atoms with Crippen LogP contribution in [0.5, 0.6) is 0 Å². The third-order valence-electron chi connectivity index (χ3n) is 4.24. The van der Waals surface area contributed by atoms with Gasteiger partial charge in [0, 0.05) is 32.9 Å². The Kier molecular flexibility index (Phi) is 6.56. The predicted octanol–water partition coefficient (Wildman–Crippen LogP) is 2.46. The monoisotopic (exact) mass is 393 g/mol. The highest BCUT2D eigenvalue weighted by atomic mass is 32.2. The van der Waals surface area contributed by atoms with Crippen LogP contribution in [0.15, 0.2) is 47.4 Å². The van der Waals surface area contributed by atoms with Crippen molar-refractivity contribution >= 4 is 21.6 Å². The lowest BCUT2D eigenvalue weighted by Gasteiger charge is -2.22. The normalized spacial score (nSPS) is 11.3. The van der Waals surface area contributed by atoms with Crippen LogP contribution in [0.3, 0.4) is 0 Å². The van der Waals surface area contributed by atoms with Crippen LogP contribution in [-0.4, -0.2) is 46.9 Å². The molecule has 0 bridgehead atoms. The zero-order chi connectivity index (χ0) is 20.2. The molecular formula is C19H24FN3O3S. The van der Waals surface area contributed by atoms with E-state index in [1.54, 1.807) is 6.92 Å². The quantitative estimate of drug-likeness (QED) is 0.785. The molecule has 146 valence electrons. The maximum Gasteiger partial charge on any atom is 0.257 e. The van der Waals surface area contributed by atoms with E-state index in [1.165, 1.54) is 11.9 Å². The molecule has 2 rings (SSSR count). The molecule has 0 aromatic heterocycles. The van der Waals surface area contributed by atoms with E-state index in [1.807, 2.05) is 43.3 Å². The topological polar surface area (TPSA) is 69.7 Å². The molecule has 0 unspecified atom stereocenters. The van der Waals surface area contributed by atoms with Crippen molar-refractivity contribution in [3.05, 3.63) is 59.4 Å². The molecule has 0 heterocycles. The number of hydrogen-bond acceptors (Lipinski definition) is 4. The van der Waals surface area contributed by atoms with E-state index in [4.69, 9.17) is 0 Å². The molecule has 0 saturated carbocycles. The van der Waals surface area contributed by atoms with Crippen LogP contribution in [0, 0.1) is 5.82 Å². The molecule has 0 aliphatic heterocycles. The van der Waals surface area contributed by atoms with Gasteiger partial charge in [0.1, 0.15) is 5.82 Å². The largest absolute Gasteiger partial charge is 0.378 e. The summed E-state index contributed by atoms with van der Waals surface area (Å²) in [6, 6.07) is 10.9. The Morgan fingerprint density at radius 1 is 1.11 bits per heavy atom. The van der Waals surface area contributed by atoms with Gasteiger partial charge in [-0.3, -0.25) is 4.79 Å². The van der Waals surface area contributed by atoms with Crippen molar-refractivity contribution in [1.29, 1.82) is 0 Å². The fraction of sp³-hybridized carbons (Fsp3) is 0.316. The van der Waals surface area contributed by atoms with Crippen molar-refractivity contribution in [3.63, 3.8) is 0 Å². The fourth-order valence-electron chi connectivity index (χ4n) is 2.57. The third kappa shape index (κ3) is 4.84. The van der Waals surface area contributed by atoms with Crippen molar-refractivity contribution in [3.8, 4) is 0 Å². The number of anilines is 1. The van der Waals surface area contributed by atoms with E-state index in [-0.39, 0.29) is 10.5 Å². The Morgan fingerprint density at radius 3 is 2.26 bits per heavy atom. The molecule has 0 saturated heterocycles. The number of carbonyl (C=O) groups excluding carboxylic acids is 1. The summed E-state index contributed by atoms with van der Waals surface area (Å²) in [4.78, 5) is 16.1. The van der Waals surface area contributed by atoms with Crippen molar-refractivity contribution < 1.29 is 17.6 Å². The van der Waals surface area contributed by atoms with Crippen molar-refractivity contribution in [2.45, 2.75) is 18.4 Å². The third-order valence-corrected chi connectivity index (χ3v) is 5.65. The van der Waals surface area contributed by atoms with Gasteiger partial charge in [-0.15, -0.1) is 0 Å². The number of hydrogen-bond donors (Lipinski definition) is 1. The molecule has 2 aromatic carbocycles. The van der Waals surface area contributed by atoms with Gasteiger partial charge in [-0.2, -0.15) is 0 Å². The summed E-state index contributed by atoms with van der Waals surface area (Å²) in [7, 11) is 1.37. The first-order valence-corrected chi connectivity index (χ1v) is 9.96. The molecule has 27 heavy (non-hydrogen) atoms. The minimum atomic E-state index is -3.77. The van der Waals surface area contributed by atoms with Gasteiger partial charge in [-0.1, -0.05) is 12.1 Å². The Labute approximate surface area is 159 Å². The average Bonchev–Trinajstić information content (AvgIpc) is 2.66. The maximum absolute atomic E-state index is 14.2. The molecule has 2 aromatic rings. The minimum absolute atomic E-state index is 0.152. The summed E-state index contributed by atoms with van der Waals surface area (Å²) in [5.74, 6) is -1.31. The van der Waals surface area contributed by atoms with Crippen LogP contribution in [0.25, 0.3) is 0 Å². The minimum Gasteiger partial charge on any atom is -0.378 e. The summed E-state index contributed by atoms with van der Waals surface area (Å²) in [5, 5.41) is 0. The van der Waals surface area contributed by atoms with Crippen LogP contribution in [0.4, 0.5) is 10.1 Å². The van der Waals surface area contributed by atoms with E-state index in [0.29, 0.717) is 13.1 Å². The van der Waals surface area contributed by atoms with Crippen LogP contribution in [-0.2, 0) is 16.6 Å². The molecule has 8 heteroatoms. The molecule has 0 spiro atoms. The van der Waals surface area contributed by atoms with E-state index in [0.717, 1.165) is 29.4 Å². The van der Waals surface area contributed by atoms with Gasteiger partial charge in [0.2, 0.25) is 10.0 Å². The maximum atomic E-state index is 14.2. The Morgan fingerprint density at radius 2 is 1.74 bits per heavy atom. The van der Waals surface area contributed by atoms with Crippen LogP contribution < -0.4 is 9.62 Å². The lowest BCUT2D eigenvalue weighted by Crippen LogP contribution is -2.31. The zero-order valence-electron chi connectivity index (χ0n) is 15.9. The van der Waals surface area contributed by atoms with Crippen molar-refractivity contribution in [2.24, 2.45) is 0 Å². The van der Waals surface area contributed by atoms with Crippen LogP contribution in [0.2, 0.25) is 0 Å². The molecule has 0 aliphatic carbocycles. The van der Waals surface area contributed by atoms with Gasteiger partial charge in [0.05, 0.1) is 10.5 Å². The molecule has 0 aliphatic rings. The van der Waals surface area contributed by atoms with E-state index in [9.17, 15) is 17.6 Å². The molecular weight excluding hydrogens is 369 g/mol. The fourth-order valence-corrected chi connectivity index (χ4v) is 3.33. The van der Waals surface area contributed by atoms with E-state index >= 15 is 0 Å². The highest BCUT2D eigenvalue weighted by Gasteiger charge is 2.22. The molecule has 1 amide bonds. The Bertz CT molecular complexity index is 912. The molecule has 0 atom stereocenters. The number of rotatable bonds is 7. The molecule has 1 N–H and O–H groups in total. The summed E-state index contributed by atoms with van der Waals surface area (Å²) in [6.45, 7) is 2.44. The first-order chi connectivity index (χ1) is 12.7. The highest BCUT2D eigenvalue weighted by Crippen LogP contribution is 2.19. The Hall–Kier alpha value is -2.45. The van der Waals surface area contributed by atoms with Crippen LogP contribution in [0.1, 0.15) is 22.8 Å². The highest BCUT2D eigenvalue weighted by molar-refractivity contribution is 7.89. The van der Waals surface area contributed by atoms with E-state index < -0.39 is 21.7 Å². The second-order valence-corrected chi connectivity index (χ2v) is 8.12. The number of carbonyl (C=O) groups is 1. The SMILES string of the molecule is CCN(Cc1ccc(N(C)C)cc1)C(=O)c1cc(S(=O)(=O)NC)ccc1F. The smallest absolute Gasteiger partial charge is 0.257 e. The van der Waals surface area contributed by atoms with Gasteiger partial charge >= 0.3 is 0 Å². The first kappa shape index (κ1) is 20.9. The number of amides is 1. The molecule has 6 nitrogen and oxygen atoms in total. The van der Waals surface area contributed by atoms with Crippen molar-refractivity contribution in [1.82, 2.24) is 9.62 Å².